The summed E-state index contributed by atoms with van der Waals surface area (Å²) in [6.07, 6.45) is 3.82. The van der Waals surface area contributed by atoms with Gasteiger partial charge in [-0.3, -0.25) is 4.57 Å². The number of hydrogen-bond donors (Lipinski definition) is 0. The number of benzene rings is 6. The number of para-hydroxylation sites is 3. The fourth-order valence-corrected chi connectivity index (χ4v) is 5.99. The van der Waals surface area contributed by atoms with E-state index in [1.54, 1.807) is 0 Å². The van der Waals surface area contributed by atoms with Crippen molar-refractivity contribution in [2.75, 3.05) is 4.90 Å². The molecule has 0 N–H and O–H groups in total. The second kappa shape index (κ2) is 11.0. The summed E-state index contributed by atoms with van der Waals surface area (Å²) in [5.41, 5.74) is 9.90. The van der Waals surface area contributed by atoms with Crippen LogP contribution in [0.5, 0.6) is 0 Å². The molecule has 4 heteroatoms. The quantitative estimate of drug-likeness (QED) is 0.201. The number of rotatable bonds is 6. The highest BCUT2D eigenvalue weighted by Crippen LogP contribution is 2.37. The Kier molecular flexibility index (Phi) is 6.43. The monoisotopic (exact) mass is 564 g/mol. The van der Waals surface area contributed by atoms with E-state index in [9.17, 15) is 0 Å². The van der Waals surface area contributed by atoms with Crippen LogP contribution in [-0.2, 0) is 0 Å². The van der Waals surface area contributed by atoms with Crippen LogP contribution in [0.3, 0.4) is 0 Å². The third-order valence-electron chi connectivity index (χ3n) is 8.11. The first kappa shape index (κ1) is 25.7. The molecule has 0 aliphatic rings. The molecule has 2 heterocycles. The van der Waals surface area contributed by atoms with E-state index in [4.69, 9.17) is 9.97 Å². The average molecular weight is 565 g/mol. The summed E-state index contributed by atoms with van der Waals surface area (Å²) in [5.74, 6) is 0.657. The molecule has 4 nitrogen and oxygen atoms in total. The maximum atomic E-state index is 4.84. The Morgan fingerprint density at radius 2 is 0.886 bits per heavy atom. The van der Waals surface area contributed by atoms with Gasteiger partial charge in [0.05, 0.1) is 11.0 Å². The Hall–Kier alpha value is -6.00. The first-order chi connectivity index (χ1) is 21.8. The number of fused-ring (bicyclic) bond motifs is 3. The highest BCUT2D eigenvalue weighted by molar-refractivity contribution is 6.10. The van der Waals surface area contributed by atoms with Crippen LogP contribution in [-0.4, -0.2) is 14.5 Å². The van der Waals surface area contributed by atoms with E-state index in [-0.39, 0.29) is 0 Å². The molecule has 2 aromatic heterocycles. The molecule has 6 aromatic carbocycles. The molecule has 208 valence electrons. The largest absolute Gasteiger partial charge is 0.311 e. The van der Waals surface area contributed by atoms with Gasteiger partial charge in [0.2, 0.25) is 5.95 Å². The Bertz CT molecular complexity index is 2150. The van der Waals surface area contributed by atoms with Crippen molar-refractivity contribution in [3.05, 3.63) is 170 Å². The van der Waals surface area contributed by atoms with Gasteiger partial charge in [-0.1, -0.05) is 109 Å². The van der Waals surface area contributed by atoms with E-state index >= 15 is 0 Å². The van der Waals surface area contributed by atoms with Crippen molar-refractivity contribution in [3.8, 4) is 28.2 Å². The van der Waals surface area contributed by atoms with Crippen LogP contribution in [0.4, 0.5) is 17.1 Å². The highest BCUT2D eigenvalue weighted by Gasteiger charge is 2.16. The molecule has 0 aliphatic heterocycles. The summed E-state index contributed by atoms with van der Waals surface area (Å²) in [4.78, 5) is 11.9. The van der Waals surface area contributed by atoms with Gasteiger partial charge in [-0.2, -0.15) is 0 Å². The predicted molar refractivity (Wildman–Crippen MR) is 182 cm³/mol. The molecular formula is C40H28N4. The van der Waals surface area contributed by atoms with Crippen LogP contribution in [0.15, 0.2) is 170 Å². The maximum Gasteiger partial charge on any atom is 0.234 e. The van der Waals surface area contributed by atoms with E-state index in [0.29, 0.717) is 5.95 Å². The van der Waals surface area contributed by atoms with Crippen LogP contribution in [0.1, 0.15) is 0 Å². The molecule has 0 aliphatic carbocycles. The topological polar surface area (TPSA) is 34.0 Å². The van der Waals surface area contributed by atoms with Gasteiger partial charge in [-0.25, -0.2) is 9.97 Å². The Labute approximate surface area is 256 Å². The molecule has 8 aromatic rings. The lowest BCUT2D eigenvalue weighted by atomic mass is 10.0. The first-order valence-corrected chi connectivity index (χ1v) is 14.8. The van der Waals surface area contributed by atoms with Gasteiger partial charge in [-0.05, 0) is 65.2 Å². The van der Waals surface area contributed by atoms with Crippen LogP contribution >= 0.6 is 0 Å². The second-order valence-corrected chi connectivity index (χ2v) is 10.8. The zero-order valence-corrected chi connectivity index (χ0v) is 24.0. The number of nitrogens with zero attached hydrogens (tertiary/aromatic N) is 4. The van der Waals surface area contributed by atoms with Gasteiger partial charge in [-0.15, -0.1) is 0 Å². The summed E-state index contributed by atoms with van der Waals surface area (Å²) < 4.78 is 2.17. The fraction of sp³-hybridized carbons (Fsp3) is 0. The molecule has 0 fully saturated rings. The van der Waals surface area contributed by atoms with Crippen LogP contribution in [0.25, 0.3) is 50.0 Å². The van der Waals surface area contributed by atoms with Crippen molar-refractivity contribution < 1.29 is 0 Å². The molecule has 0 spiro atoms. The summed E-state index contributed by atoms with van der Waals surface area (Å²) in [6, 6.07) is 55.1. The van der Waals surface area contributed by atoms with E-state index in [1.807, 2.05) is 42.7 Å². The SMILES string of the molecule is c1ccc(-c2cnc(-n3c4ccccc4c4ccc(-c5ccc(N(c6ccccc6)c6ccccc6)cc5)cc43)nc2)cc1. The number of anilines is 3. The molecule has 0 atom stereocenters. The van der Waals surface area contributed by atoms with Gasteiger partial charge in [0.15, 0.2) is 0 Å². The lowest BCUT2D eigenvalue weighted by Gasteiger charge is -2.25. The Morgan fingerprint density at radius 1 is 0.386 bits per heavy atom. The van der Waals surface area contributed by atoms with Crippen molar-refractivity contribution in [1.29, 1.82) is 0 Å². The molecule has 0 bridgehead atoms. The third-order valence-corrected chi connectivity index (χ3v) is 8.11. The third kappa shape index (κ3) is 4.59. The normalized spacial score (nSPS) is 11.2. The Morgan fingerprint density at radius 3 is 1.55 bits per heavy atom. The molecule has 0 radical (unpaired) electrons. The minimum atomic E-state index is 0.657. The van der Waals surface area contributed by atoms with Gasteiger partial charge in [0.25, 0.3) is 0 Å². The fourth-order valence-electron chi connectivity index (χ4n) is 5.99. The smallest absolute Gasteiger partial charge is 0.234 e. The minimum absolute atomic E-state index is 0.657. The molecule has 0 saturated heterocycles. The highest BCUT2D eigenvalue weighted by atomic mass is 15.2. The van der Waals surface area contributed by atoms with Crippen molar-refractivity contribution in [2.45, 2.75) is 0 Å². The van der Waals surface area contributed by atoms with Crippen LogP contribution < -0.4 is 4.90 Å². The number of hydrogen-bond acceptors (Lipinski definition) is 3. The minimum Gasteiger partial charge on any atom is -0.311 e. The van der Waals surface area contributed by atoms with Gasteiger partial charge in [0.1, 0.15) is 0 Å². The molecule has 0 amide bonds. The summed E-state index contributed by atoms with van der Waals surface area (Å²) in [5, 5.41) is 2.36. The van der Waals surface area contributed by atoms with E-state index in [1.165, 1.54) is 10.8 Å². The maximum absolute atomic E-state index is 4.84. The average Bonchev–Trinajstić information content (AvgIpc) is 3.44. The molecule has 44 heavy (non-hydrogen) atoms. The van der Waals surface area contributed by atoms with E-state index < -0.39 is 0 Å². The molecular weight excluding hydrogens is 536 g/mol. The van der Waals surface area contributed by atoms with Crippen LogP contribution in [0.2, 0.25) is 0 Å². The molecule has 0 saturated carbocycles. The Balaban J connectivity index is 1.21. The van der Waals surface area contributed by atoms with Gasteiger partial charge in [0, 0.05) is 45.8 Å². The lowest BCUT2D eigenvalue weighted by Crippen LogP contribution is -2.09. The second-order valence-electron chi connectivity index (χ2n) is 10.8. The van der Waals surface area contributed by atoms with Gasteiger partial charge >= 0.3 is 0 Å². The zero-order chi connectivity index (χ0) is 29.3. The van der Waals surface area contributed by atoms with Crippen LogP contribution in [0, 0.1) is 0 Å². The lowest BCUT2D eigenvalue weighted by molar-refractivity contribution is 0.990. The zero-order valence-electron chi connectivity index (χ0n) is 24.0. The predicted octanol–water partition coefficient (Wildman–Crippen LogP) is 10.4. The van der Waals surface area contributed by atoms with Crippen molar-refractivity contribution in [2.24, 2.45) is 0 Å². The van der Waals surface area contributed by atoms with E-state index in [0.717, 1.165) is 50.3 Å². The van der Waals surface area contributed by atoms with E-state index in [2.05, 4.69) is 137 Å². The molecule has 0 unspecified atom stereocenters. The summed E-state index contributed by atoms with van der Waals surface area (Å²) in [7, 11) is 0. The van der Waals surface area contributed by atoms with Gasteiger partial charge < -0.3 is 4.90 Å². The van der Waals surface area contributed by atoms with Crippen molar-refractivity contribution in [1.82, 2.24) is 14.5 Å². The molecule has 8 rings (SSSR count). The van der Waals surface area contributed by atoms with Crippen molar-refractivity contribution in [3.63, 3.8) is 0 Å². The summed E-state index contributed by atoms with van der Waals surface area (Å²) in [6.45, 7) is 0. The summed E-state index contributed by atoms with van der Waals surface area (Å²) >= 11 is 0. The standard InChI is InChI=1S/C40H28N4/c1-4-12-29(13-5-1)32-27-41-40(42-28-32)44-38-19-11-10-18-36(38)37-25-22-31(26-39(37)44)30-20-23-35(24-21-30)43(33-14-6-2-7-15-33)34-16-8-3-9-17-34/h1-28H. The number of aromatic nitrogens is 3. The first-order valence-electron chi connectivity index (χ1n) is 14.8. The van der Waals surface area contributed by atoms with Crippen molar-refractivity contribution >= 4 is 38.9 Å².